The number of benzene rings is 1. The average molecular weight is 415 g/mol. The van der Waals surface area contributed by atoms with Crippen LogP contribution in [-0.4, -0.2) is 35.1 Å². The van der Waals surface area contributed by atoms with Crippen LogP contribution < -0.4 is 0 Å². The smallest absolute Gasteiger partial charge is 0.311 e. The van der Waals surface area contributed by atoms with Gasteiger partial charge >= 0.3 is 11.9 Å². The van der Waals surface area contributed by atoms with Gasteiger partial charge in [-0.05, 0) is 13.0 Å². The Morgan fingerprint density at radius 2 is 1.96 bits per heavy atom. The molecule has 144 valence electrons. The van der Waals surface area contributed by atoms with E-state index in [4.69, 9.17) is 14.5 Å². The summed E-state index contributed by atoms with van der Waals surface area (Å²) in [6.07, 6.45) is 0.577. The van der Waals surface area contributed by atoms with Crippen LogP contribution in [0.5, 0.6) is 0 Å². The fourth-order valence-electron chi connectivity index (χ4n) is 2.97. The Balaban J connectivity index is 1.52. The Kier molecular flexibility index (Phi) is 5.50. The number of carbonyl (C=O) groups excluding carboxylic acids is 2. The number of hydrogen-bond acceptors (Lipinski definition) is 8. The van der Waals surface area contributed by atoms with Crippen molar-refractivity contribution in [1.82, 2.24) is 9.97 Å². The molecular weight excluding hydrogens is 396 g/mol. The fraction of sp³-hybridized carbons (Fsp3) is 0.300. The van der Waals surface area contributed by atoms with Crippen LogP contribution in [0.3, 0.4) is 0 Å². The quantitative estimate of drug-likeness (QED) is 0.566. The second kappa shape index (κ2) is 8.20. The number of hydrogen-bond donors (Lipinski definition) is 0. The zero-order chi connectivity index (χ0) is 19.5. The Hall–Kier alpha value is -2.58. The van der Waals surface area contributed by atoms with Crippen LogP contribution in [0.1, 0.15) is 30.7 Å². The summed E-state index contributed by atoms with van der Waals surface area (Å²) < 4.78 is 10.0. The molecule has 0 amide bonds. The van der Waals surface area contributed by atoms with Crippen LogP contribution in [0.2, 0.25) is 0 Å². The molecule has 0 bridgehead atoms. The van der Waals surface area contributed by atoms with Gasteiger partial charge in [-0.1, -0.05) is 18.2 Å². The van der Waals surface area contributed by atoms with E-state index in [1.165, 1.54) is 11.3 Å². The Bertz CT molecular complexity index is 1010. The lowest BCUT2D eigenvalue weighted by Crippen LogP contribution is -2.07. The molecular formula is C20H18N2O4S2. The molecule has 1 aromatic carbocycles. The predicted octanol–water partition coefficient (Wildman–Crippen LogP) is 4.07. The van der Waals surface area contributed by atoms with E-state index in [2.05, 4.69) is 4.98 Å². The summed E-state index contributed by atoms with van der Waals surface area (Å²) >= 11 is 3.06. The van der Waals surface area contributed by atoms with E-state index < -0.39 is 0 Å². The largest absolute Gasteiger partial charge is 0.466 e. The van der Waals surface area contributed by atoms with Crippen LogP contribution in [-0.2, 0) is 25.5 Å². The van der Waals surface area contributed by atoms with Gasteiger partial charge < -0.3 is 9.47 Å². The second-order valence-electron chi connectivity index (χ2n) is 6.37. The number of esters is 2. The van der Waals surface area contributed by atoms with Gasteiger partial charge in [0.1, 0.15) is 16.6 Å². The summed E-state index contributed by atoms with van der Waals surface area (Å²) in [5.74, 6) is -0.383. The molecule has 0 N–H and O–H groups in total. The predicted molar refractivity (Wildman–Crippen MR) is 107 cm³/mol. The maximum atomic E-state index is 11.6. The molecule has 1 aliphatic heterocycles. The Morgan fingerprint density at radius 1 is 1.21 bits per heavy atom. The monoisotopic (exact) mass is 414 g/mol. The van der Waals surface area contributed by atoms with Crippen LogP contribution in [0.25, 0.3) is 21.1 Å². The standard InChI is InChI=1S/C20H18N2O4S2/c1-2-25-18(24)8-15-10-27-19(21-15)12-4-3-5-13(6-12)20-22-16(11-28-20)14-7-17(23)26-9-14/h3-6,10-11,14H,2,7-9H2,1H3. The van der Waals surface area contributed by atoms with Crippen LogP contribution >= 0.6 is 22.7 Å². The van der Waals surface area contributed by atoms with Gasteiger partial charge in [-0.2, -0.15) is 0 Å². The first-order valence-electron chi connectivity index (χ1n) is 8.94. The SMILES string of the molecule is CCOC(=O)Cc1csc(-c2cccc(-c3nc(C4COC(=O)C4)cs3)c2)n1. The average Bonchev–Trinajstić information content (AvgIpc) is 3.42. The molecule has 6 nitrogen and oxygen atoms in total. The van der Waals surface area contributed by atoms with Crippen molar-refractivity contribution >= 4 is 34.6 Å². The molecule has 1 aliphatic rings. The van der Waals surface area contributed by atoms with Crippen LogP contribution in [0, 0.1) is 0 Å². The van der Waals surface area contributed by atoms with Crippen molar-refractivity contribution in [2.75, 3.05) is 13.2 Å². The summed E-state index contributed by atoms with van der Waals surface area (Å²) in [6, 6.07) is 8.02. The molecule has 8 heteroatoms. The number of carbonyl (C=O) groups is 2. The van der Waals surface area contributed by atoms with E-state index in [9.17, 15) is 9.59 Å². The van der Waals surface area contributed by atoms with Crippen molar-refractivity contribution in [3.05, 3.63) is 46.4 Å². The maximum Gasteiger partial charge on any atom is 0.311 e. The summed E-state index contributed by atoms with van der Waals surface area (Å²) in [5, 5.41) is 5.64. The number of thiazole rings is 2. The van der Waals surface area contributed by atoms with E-state index in [0.717, 1.165) is 26.8 Å². The van der Waals surface area contributed by atoms with Crippen LogP contribution in [0.4, 0.5) is 0 Å². The molecule has 2 aromatic heterocycles. The fourth-order valence-corrected chi connectivity index (χ4v) is 4.69. The molecule has 1 fully saturated rings. The van der Waals surface area contributed by atoms with E-state index in [0.29, 0.717) is 25.3 Å². The first-order valence-corrected chi connectivity index (χ1v) is 10.7. The topological polar surface area (TPSA) is 78.4 Å². The molecule has 0 aliphatic carbocycles. The van der Waals surface area contributed by atoms with Gasteiger partial charge in [0.25, 0.3) is 0 Å². The van der Waals surface area contributed by atoms with Crippen molar-refractivity contribution in [2.45, 2.75) is 25.7 Å². The van der Waals surface area contributed by atoms with E-state index >= 15 is 0 Å². The second-order valence-corrected chi connectivity index (χ2v) is 8.08. The third-order valence-electron chi connectivity index (χ3n) is 4.34. The molecule has 3 heterocycles. The van der Waals surface area contributed by atoms with Crippen molar-refractivity contribution < 1.29 is 19.1 Å². The minimum Gasteiger partial charge on any atom is -0.466 e. The molecule has 0 saturated carbocycles. The lowest BCUT2D eigenvalue weighted by molar-refractivity contribution is -0.142. The van der Waals surface area contributed by atoms with Gasteiger partial charge in [0.05, 0.1) is 30.8 Å². The third kappa shape index (κ3) is 4.13. The number of cyclic esters (lactones) is 1. The zero-order valence-electron chi connectivity index (χ0n) is 15.2. The normalized spacial score (nSPS) is 16.2. The summed E-state index contributed by atoms with van der Waals surface area (Å²) in [7, 11) is 0. The molecule has 1 saturated heterocycles. The van der Waals surface area contributed by atoms with Gasteiger partial charge in [0, 0.05) is 27.8 Å². The lowest BCUT2D eigenvalue weighted by Gasteiger charge is -2.02. The summed E-state index contributed by atoms with van der Waals surface area (Å²) in [6.45, 7) is 2.57. The van der Waals surface area contributed by atoms with Gasteiger partial charge in [-0.3, -0.25) is 9.59 Å². The van der Waals surface area contributed by atoms with E-state index in [1.54, 1.807) is 18.3 Å². The number of ether oxygens (including phenoxy) is 2. The first kappa shape index (κ1) is 18.8. The summed E-state index contributed by atoms with van der Waals surface area (Å²) in [4.78, 5) is 32.2. The third-order valence-corrected chi connectivity index (χ3v) is 6.19. The van der Waals surface area contributed by atoms with Gasteiger partial charge in [-0.25, -0.2) is 9.97 Å². The minimum atomic E-state index is -0.266. The van der Waals surface area contributed by atoms with Gasteiger partial charge in [-0.15, -0.1) is 22.7 Å². The highest BCUT2D eigenvalue weighted by atomic mass is 32.1. The van der Waals surface area contributed by atoms with Crippen molar-refractivity contribution in [1.29, 1.82) is 0 Å². The molecule has 1 atom stereocenters. The van der Waals surface area contributed by atoms with Gasteiger partial charge in [0.2, 0.25) is 0 Å². The van der Waals surface area contributed by atoms with Gasteiger partial charge in [0.15, 0.2) is 0 Å². The molecule has 0 radical (unpaired) electrons. The number of rotatable bonds is 6. The molecule has 3 aromatic rings. The highest BCUT2D eigenvalue weighted by Gasteiger charge is 2.27. The highest BCUT2D eigenvalue weighted by molar-refractivity contribution is 7.13. The zero-order valence-corrected chi connectivity index (χ0v) is 16.8. The van der Waals surface area contributed by atoms with Crippen molar-refractivity contribution in [3.8, 4) is 21.1 Å². The molecule has 4 rings (SSSR count). The summed E-state index contributed by atoms with van der Waals surface area (Å²) in [5.41, 5.74) is 3.60. The molecule has 0 spiro atoms. The van der Waals surface area contributed by atoms with Crippen molar-refractivity contribution in [2.24, 2.45) is 0 Å². The Morgan fingerprint density at radius 3 is 2.68 bits per heavy atom. The van der Waals surface area contributed by atoms with Crippen molar-refractivity contribution in [3.63, 3.8) is 0 Å². The minimum absolute atomic E-state index is 0.0464. The number of nitrogens with zero attached hydrogens (tertiary/aromatic N) is 2. The molecule has 28 heavy (non-hydrogen) atoms. The van der Waals surface area contributed by atoms with Crippen LogP contribution in [0.15, 0.2) is 35.0 Å². The number of aromatic nitrogens is 2. The van der Waals surface area contributed by atoms with E-state index in [1.807, 2.05) is 35.0 Å². The highest BCUT2D eigenvalue weighted by Crippen LogP contribution is 2.33. The Labute approximate surface area is 170 Å². The maximum absolute atomic E-state index is 11.6. The lowest BCUT2D eigenvalue weighted by atomic mass is 10.1. The van der Waals surface area contributed by atoms with E-state index in [-0.39, 0.29) is 24.3 Å². The molecule has 1 unspecified atom stereocenters. The first-order chi connectivity index (χ1) is 13.6.